The molecule has 0 unspecified atom stereocenters. The van der Waals surface area contributed by atoms with E-state index in [9.17, 15) is 14.4 Å². The molecular formula is C15H29N3O4. The third kappa shape index (κ3) is 7.97. The molecule has 0 rings (SSSR count). The zero-order valence-electron chi connectivity index (χ0n) is 14.1. The Labute approximate surface area is 132 Å². The van der Waals surface area contributed by atoms with Gasteiger partial charge in [-0.25, -0.2) is 4.79 Å². The van der Waals surface area contributed by atoms with E-state index in [4.69, 9.17) is 10.8 Å². The minimum atomic E-state index is -1.09. The smallest absolute Gasteiger partial charge is 0.326 e. The van der Waals surface area contributed by atoms with Gasteiger partial charge in [-0.15, -0.1) is 0 Å². The minimum absolute atomic E-state index is 0.130. The number of amides is 2. The SMILES string of the molecule is CC(C)C[C@@H](N)C(=O)N[C@H](C)C(=O)N[C@@H](CC(C)C)C(=O)O. The summed E-state index contributed by atoms with van der Waals surface area (Å²) in [7, 11) is 0. The lowest BCUT2D eigenvalue weighted by molar-refractivity contribution is -0.142. The van der Waals surface area contributed by atoms with E-state index < -0.39 is 35.9 Å². The summed E-state index contributed by atoms with van der Waals surface area (Å²) in [4.78, 5) is 35.0. The number of hydrogen-bond acceptors (Lipinski definition) is 4. The van der Waals surface area contributed by atoms with Gasteiger partial charge in [-0.3, -0.25) is 9.59 Å². The fourth-order valence-corrected chi connectivity index (χ4v) is 1.99. The summed E-state index contributed by atoms with van der Waals surface area (Å²) in [6.45, 7) is 9.15. The lowest BCUT2D eigenvalue weighted by atomic mass is 10.0. The van der Waals surface area contributed by atoms with Crippen LogP contribution in [0.3, 0.4) is 0 Å². The van der Waals surface area contributed by atoms with Crippen molar-refractivity contribution in [3.8, 4) is 0 Å². The van der Waals surface area contributed by atoms with Gasteiger partial charge in [0.2, 0.25) is 11.8 Å². The fourth-order valence-electron chi connectivity index (χ4n) is 1.99. The van der Waals surface area contributed by atoms with Crippen molar-refractivity contribution < 1.29 is 19.5 Å². The second-order valence-corrected chi connectivity index (χ2v) is 6.50. The van der Waals surface area contributed by atoms with Crippen LogP contribution in [0.25, 0.3) is 0 Å². The molecule has 0 aliphatic heterocycles. The topological polar surface area (TPSA) is 122 Å². The van der Waals surface area contributed by atoms with Crippen molar-refractivity contribution in [1.29, 1.82) is 0 Å². The quantitative estimate of drug-likeness (QED) is 0.493. The predicted molar refractivity (Wildman–Crippen MR) is 84.1 cm³/mol. The van der Waals surface area contributed by atoms with Crippen LogP contribution in [-0.2, 0) is 14.4 Å². The van der Waals surface area contributed by atoms with Gasteiger partial charge in [-0.2, -0.15) is 0 Å². The number of carboxylic acids is 1. The highest BCUT2D eigenvalue weighted by atomic mass is 16.4. The van der Waals surface area contributed by atoms with Crippen molar-refractivity contribution in [2.24, 2.45) is 17.6 Å². The molecule has 5 N–H and O–H groups in total. The highest BCUT2D eigenvalue weighted by Crippen LogP contribution is 2.06. The summed E-state index contributed by atoms with van der Waals surface area (Å²) < 4.78 is 0. The molecule has 0 radical (unpaired) electrons. The van der Waals surface area contributed by atoms with Crippen LogP contribution >= 0.6 is 0 Å². The number of carbonyl (C=O) groups is 3. The van der Waals surface area contributed by atoms with E-state index in [2.05, 4.69) is 10.6 Å². The van der Waals surface area contributed by atoms with Crippen molar-refractivity contribution in [2.45, 2.75) is 65.6 Å². The molecule has 0 heterocycles. The normalized spacial score (nSPS) is 15.3. The van der Waals surface area contributed by atoms with E-state index >= 15 is 0 Å². The standard InChI is InChI=1S/C15H29N3O4/c1-8(2)6-11(16)14(20)17-10(5)13(19)18-12(15(21)22)7-9(3)4/h8-12H,6-7,16H2,1-5H3,(H,17,20)(H,18,19)(H,21,22)/t10-,11-,12+/m1/s1. The summed E-state index contributed by atoms with van der Waals surface area (Å²) >= 11 is 0. The average Bonchev–Trinajstić information content (AvgIpc) is 2.35. The van der Waals surface area contributed by atoms with Gasteiger partial charge in [0.1, 0.15) is 12.1 Å². The van der Waals surface area contributed by atoms with Crippen LogP contribution < -0.4 is 16.4 Å². The molecule has 0 aliphatic carbocycles. The molecule has 0 fully saturated rings. The number of carbonyl (C=O) groups excluding carboxylic acids is 2. The molecule has 3 atom stereocenters. The van der Waals surface area contributed by atoms with Gasteiger partial charge in [-0.05, 0) is 31.6 Å². The monoisotopic (exact) mass is 315 g/mol. The Morgan fingerprint density at radius 1 is 0.909 bits per heavy atom. The van der Waals surface area contributed by atoms with E-state index in [1.165, 1.54) is 6.92 Å². The number of aliphatic carboxylic acids is 1. The van der Waals surface area contributed by atoms with Gasteiger partial charge in [0.15, 0.2) is 0 Å². The van der Waals surface area contributed by atoms with E-state index in [-0.39, 0.29) is 11.8 Å². The maximum absolute atomic E-state index is 12.0. The number of nitrogens with one attached hydrogen (secondary N) is 2. The maximum Gasteiger partial charge on any atom is 0.326 e. The van der Waals surface area contributed by atoms with Crippen LogP contribution in [0.15, 0.2) is 0 Å². The second-order valence-electron chi connectivity index (χ2n) is 6.50. The van der Waals surface area contributed by atoms with Crippen molar-refractivity contribution in [3.05, 3.63) is 0 Å². The predicted octanol–water partition coefficient (Wildman–Crippen LogP) is 0.480. The summed E-state index contributed by atoms with van der Waals surface area (Å²) in [5, 5.41) is 14.1. The summed E-state index contributed by atoms with van der Waals surface area (Å²) in [6.07, 6.45) is 0.847. The molecule has 0 saturated heterocycles. The van der Waals surface area contributed by atoms with Crippen molar-refractivity contribution in [1.82, 2.24) is 10.6 Å². The van der Waals surface area contributed by atoms with Crippen LogP contribution in [0.2, 0.25) is 0 Å². The largest absolute Gasteiger partial charge is 0.480 e. The van der Waals surface area contributed by atoms with Gasteiger partial charge >= 0.3 is 5.97 Å². The van der Waals surface area contributed by atoms with Crippen LogP contribution in [-0.4, -0.2) is 41.0 Å². The lowest BCUT2D eigenvalue weighted by Gasteiger charge is -2.21. The Morgan fingerprint density at radius 3 is 1.82 bits per heavy atom. The number of rotatable bonds is 9. The number of hydrogen-bond donors (Lipinski definition) is 4. The van der Waals surface area contributed by atoms with Gasteiger partial charge in [0.25, 0.3) is 0 Å². The van der Waals surface area contributed by atoms with Gasteiger partial charge < -0.3 is 21.5 Å². The summed E-state index contributed by atoms with van der Waals surface area (Å²) in [5.74, 6) is -1.62. The third-order valence-electron chi connectivity index (χ3n) is 3.14. The average molecular weight is 315 g/mol. The molecule has 0 aromatic heterocycles. The molecule has 0 aromatic carbocycles. The Bertz CT molecular complexity index is 396. The number of carboxylic acid groups (broad SMARTS) is 1. The van der Waals surface area contributed by atoms with Crippen molar-refractivity contribution in [3.63, 3.8) is 0 Å². The second kappa shape index (κ2) is 9.40. The molecule has 7 nitrogen and oxygen atoms in total. The van der Waals surface area contributed by atoms with Gasteiger partial charge in [0.05, 0.1) is 6.04 Å². The Hall–Kier alpha value is -1.63. The van der Waals surface area contributed by atoms with Gasteiger partial charge in [-0.1, -0.05) is 27.7 Å². The maximum atomic E-state index is 12.0. The van der Waals surface area contributed by atoms with E-state index in [1.54, 1.807) is 0 Å². The molecule has 128 valence electrons. The molecule has 0 bridgehead atoms. The first kappa shape index (κ1) is 20.4. The number of nitrogens with two attached hydrogens (primary N) is 1. The fraction of sp³-hybridized carbons (Fsp3) is 0.800. The molecule has 0 aliphatic rings. The Balaban J connectivity index is 4.52. The lowest BCUT2D eigenvalue weighted by Crippen LogP contribution is -2.53. The zero-order chi connectivity index (χ0) is 17.4. The van der Waals surface area contributed by atoms with Crippen LogP contribution in [0, 0.1) is 11.8 Å². The van der Waals surface area contributed by atoms with Crippen molar-refractivity contribution in [2.75, 3.05) is 0 Å². The highest BCUT2D eigenvalue weighted by molar-refractivity contribution is 5.91. The van der Waals surface area contributed by atoms with E-state index in [1.807, 2.05) is 27.7 Å². The molecular weight excluding hydrogens is 286 g/mol. The van der Waals surface area contributed by atoms with Crippen LogP contribution in [0.4, 0.5) is 0 Å². The molecule has 0 saturated carbocycles. The molecule has 7 heteroatoms. The minimum Gasteiger partial charge on any atom is -0.480 e. The molecule has 2 amide bonds. The van der Waals surface area contributed by atoms with E-state index in [0.717, 1.165) is 0 Å². The first-order valence-corrected chi connectivity index (χ1v) is 7.63. The van der Waals surface area contributed by atoms with Crippen LogP contribution in [0.1, 0.15) is 47.5 Å². The molecule has 0 spiro atoms. The molecule has 0 aromatic rings. The Kier molecular flexibility index (Phi) is 8.70. The third-order valence-corrected chi connectivity index (χ3v) is 3.14. The Morgan fingerprint density at radius 2 is 1.41 bits per heavy atom. The van der Waals surface area contributed by atoms with Crippen molar-refractivity contribution >= 4 is 17.8 Å². The van der Waals surface area contributed by atoms with Gasteiger partial charge in [0, 0.05) is 0 Å². The molecule has 22 heavy (non-hydrogen) atoms. The van der Waals surface area contributed by atoms with Crippen LogP contribution in [0.5, 0.6) is 0 Å². The first-order valence-electron chi connectivity index (χ1n) is 7.63. The summed E-state index contributed by atoms with van der Waals surface area (Å²) in [6, 6.07) is -2.47. The zero-order valence-corrected chi connectivity index (χ0v) is 14.1. The summed E-state index contributed by atoms with van der Waals surface area (Å²) in [5.41, 5.74) is 5.74. The highest BCUT2D eigenvalue weighted by Gasteiger charge is 2.25. The first-order chi connectivity index (χ1) is 10.0. The van der Waals surface area contributed by atoms with E-state index in [0.29, 0.717) is 12.8 Å².